The zero-order chi connectivity index (χ0) is 23.4. The van der Waals surface area contributed by atoms with E-state index in [2.05, 4.69) is 22.1 Å². The fourth-order valence-electron chi connectivity index (χ4n) is 2.49. The number of benzene rings is 1. The molecule has 0 fully saturated rings. The predicted molar refractivity (Wildman–Crippen MR) is 124 cm³/mol. The summed E-state index contributed by atoms with van der Waals surface area (Å²) < 4.78 is 50.4. The topological polar surface area (TPSA) is 76.1 Å². The van der Waals surface area contributed by atoms with Crippen LogP contribution in [-0.2, 0) is 21.1 Å². The molecule has 1 aromatic heterocycles. The van der Waals surface area contributed by atoms with Gasteiger partial charge in [-0.15, -0.1) is 11.6 Å². The largest absolute Gasteiger partial charge is 0.346 e. The lowest BCUT2D eigenvalue weighted by atomic mass is 10.0. The van der Waals surface area contributed by atoms with E-state index in [0.29, 0.717) is 20.5 Å². The third-order valence-corrected chi connectivity index (χ3v) is 7.55. The molecule has 1 N–H and O–H groups in total. The molecule has 1 unspecified atom stereocenters. The zero-order valence-corrected chi connectivity index (χ0v) is 20.7. The quantitative estimate of drug-likeness (QED) is 0.321. The van der Waals surface area contributed by atoms with Crippen molar-refractivity contribution in [2.45, 2.75) is 31.1 Å². The summed E-state index contributed by atoms with van der Waals surface area (Å²) in [4.78, 5) is 16.4. The first-order chi connectivity index (χ1) is 14.3. The number of amides is 1. The Bertz CT molecular complexity index is 1140. The molecule has 1 aromatic carbocycles. The van der Waals surface area contributed by atoms with Crippen molar-refractivity contribution in [3.05, 3.63) is 62.5 Å². The van der Waals surface area contributed by atoms with Gasteiger partial charge in [-0.3, -0.25) is 4.79 Å². The van der Waals surface area contributed by atoms with Gasteiger partial charge in [0.05, 0.1) is 11.7 Å². The van der Waals surface area contributed by atoms with Crippen molar-refractivity contribution in [2.75, 3.05) is 12.1 Å². The maximum Gasteiger partial charge on any atom is 0.235 e. The highest BCUT2D eigenvalue weighted by Crippen LogP contribution is 2.24. The Kier molecular flexibility index (Phi) is 8.41. The van der Waals surface area contributed by atoms with Gasteiger partial charge in [-0.2, -0.15) is 0 Å². The molecule has 0 aliphatic heterocycles. The van der Waals surface area contributed by atoms with Crippen LogP contribution in [0.1, 0.15) is 36.8 Å². The Morgan fingerprint density at radius 3 is 2.42 bits per heavy atom. The average Bonchev–Trinajstić information content (AvgIpc) is 2.65. The number of nitrogens with zero attached hydrogens (tertiary/aromatic N) is 1. The minimum atomic E-state index is -3.42. The molecule has 5 nitrogen and oxygen atoms in total. The number of rotatable bonds is 6. The van der Waals surface area contributed by atoms with Crippen molar-refractivity contribution in [1.29, 1.82) is 0 Å². The van der Waals surface area contributed by atoms with Crippen molar-refractivity contribution in [3.8, 4) is 11.8 Å². The highest BCUT2D eigenvalue weighted by molar-refractivity contribution is 14.1. The fraction of sp³-hybridized carbons (Fsp3) is 0.333. The Morgan fingerprint density at radius 1 is 1.26 bits per heavy atom. The molecular weight excluding hydrogens is 561 g/mol. The van der Waals surface area contributed by atoms with E-state index in [4.69, 9.17) is 11.6 Å². The van der Waals surface area contributed by atoms with Gasteiger partial charge >= 0.3 is 0 Å². The standard InChI is InChI=1S/C21H20ClF2IN2O3S/c1-21(2,31(3,29)30)7-6-16-4-5-17(25)20(26-16)18(27-19(28)12-22)10-13-8-14(23)11-15(24)9-13/h4-5,8-9,11,18H,10,12H2,1-3H3,(H,27,28). The van der Waals surface area contributed by atoms with Crippen LogP contribution in [0.4, 0.5) is 8.78 Å². The second kappa shape index (κ2) is 10.2. The number of nitrogens with one attached hydrogen (secondary N) is 1. The van der Waals surface area contributed by atoms with Crippen molar-refractivity contribution in [3.63, 3.8) is 0 Å². The first kappa shape index (κ1) is 25.5. The van der Waals surface area contributed by atoms with Crippen molar-refractivity contribution in [1.82, 2.24) is 10.3 Å². The normalized spacial score (nSPS) is 12.6. The number of carbonyl (C=O) groups is 1. The van der Waals surface area contributed by atoms with Gasteiger partial charge < -0.3 is 5.32 Å². The predicted octanol–water partition coefficient (Wildman–Crippen LogP) is 3.78. The molecule has 1 atom stereocenters. The van der Waals surface area contributed by atoms with Gasteiger partial charge in [-0.25, -0.2) is 22.2 Å². The smallest absolute Gasteiger partial charge is 0.235 e. The van der Waals surface area contributed by atoms with E-state index in [1.54, 1.807) is 12.1 Å². The van der Waals surface area contributed by atoms with E-state index < -0.39 is 38.2 Å². The molecule has 0 aliphatic carbocycles. The van der Waals surface area contributed by atoms with Gasteiger partial charge in [0.2, 0.25) is 5.91 Å². The molecule has 0 bridgehead atoms. The van der Waals surface area contributed by atoms with Gasteiger partial charge in [0.15, 0.2) is 9.84 Å². The Labute approximate surface area is 199 Å². The lowest BCUT2D eigenvalue weighted by molar-refractivity contribution is -0.119. The molecule has 1 heterocycles. The van der Waals surface area contributed by atoms with E-state index in [0.717, 1.165) is 12.3 Å². The van der Waals surface area contributed by atoms with E-state index in [1.807, 2.05) is 22.6 Å². The van der Waals surface area contributed by atoms with Crippen molar-refractivity contribution < 1.29 is 22.0 Å². The van der Waals surface area contributed by atoms with Gasteiger partial charge in [0, 0.05) is 15.9 Å². The number of aromatic nitrogens is 1. The maximum absolute atomic E-state index is 13.6. The molecule has 0 saturated carbocycles. The summed E-state index contributed by atoms with van der Waals surface area (Å²) in [6.45, 7) is 2.98. The second-order valence-electron chi connectivity index (χ2n) is 7.33. The van der Waals surface area contributed by atoms with E-state index in [-0.39, 0.29) is 12.3 Å². The van der Waals surface area contributed by atoms with E-state index >= 15 is 0 Å². The van der Waals surface area contributed by atoms with Crippen LogP contribution in [0.15, 0.2) is 30.3 Å². The monoisotopic (exact) mass is 580 g/mol. The highest BCUT2D eigenvalue weighted by Gasteiger charge is 2.27. The molecule has 0 saturated heterocycles. The summed E-state index contributed by atoms with van der Waals surface area (Å²) in [6.07, 6.45) is 1.16. The molecular formula is C21H20ClF2IN2O3S. The molecule has 0 aliphatic rings. The van der Waals surface area contributed by atoms with Gasteiger partial charge in [0.25, 0.3) is 0 Å². The molecule has 31 heavy (non-hydrogen) atoms. The van der Waals surface area contributed by atoms with Crippen LogP contribution in [0.2, 0.25) is 0 Å². The fourth-order valence-corrected chi connectivity index (χ4v) is 3.48. The van der Waals surface area contributed by atoms with Crippen LogP contribution in [-0.4, -0.2) is 36.2 Å². The first-order valence-corrected chi connectivity index (χ1v) is 12.5. The highest BCUT2D eigenvalue weighted by atomic mass is 127. The number of pyridine rings is 1. The molecule has 166 valence electrons. The first-order valence-electron chi connectivity index (χ1n) is 9.02. The van der Waals surface area contributed by atoms with Crippen molar-refractivity contribution in [2.24, 2.45) is 0 Å². The Hall–Kier alpha value is -1.77. The van der Waals surface area contributed by atoms with E-state index in [9.17, 15) is 22.0 Å². The molecule has 10 heteroatoms. The zero-order valence-electron chi connectivity index (χ0n) is 17.0. The third-order valence-electron chi connectivity index (χ3n) is 4.44. The number of carbonyl (C=O) groups excluding carboxylic acids is 1. The lowest BCUT2D eigenvalue weighted by Crippen LogP contribution is -2.32. The Balaban J connectivity index is 2.48. The third kappa shape index (κ3) is 7.12. The summed E-state index contributed by atoms with van der Waals surface area (Å²) in [5.74, 6) is 3.23. The molecule has 2 aromatic rings. The summed E-state index contributed by atoms with van der Waals surface area (Å²) in [7, 11) is -3.42. The molecule has 0 radical (unpaired) electrons. The SMILES string of the molecule is CC(C)(C#Cc1ccc(I)c(C(Cc2cc(F)cc(F)c2)NC(=O)CCl)n1)S(C)(=O)=O. The lowest BCUT2D eigenvalue weighted by Gasteiger charge is -2.20. The summed E-state index contributed by atoms with van der Waals surface area (Å²) in [5, 5.41) is 2.71. The van der Waals surface area contributed by atoms with Crippen LogP contribution in [0.3, 0.4) is 0 Å². The number of sulfone groups is 1. The average molecular weight is 581 g/mol. The number of hydrogen-bond donors (Lipinski definition) is 1. The van der Waals surface area contributed by atoms with Crippen molar-refractivity contribution >= 4 is 49.9 Å². The van der Waals surface area contributed by atoms with Gasteiger partial charge in [0.1, 0.15) is 28.0 Å². The van der Waals surface area contributed by atoms with Crippen LogP contribution in [0.5, 0.6) is 0 Å². The summed E-state index contributed by atoms with van der Waals surface area (Å²) >= 11 is 7.64. The Morgan fingerprint density at radius 2 is 1.87 bits per heavy atom. The summed E-state index contributed by atoms with van der Waals surface area (Å²) in [5.41, 5.74) is 1.04. The number of alkyl halides is 1. The second-order valence-corrected chi connectivity index (χ2v) is 11.3. The van der Waals surface area contributed by atoms with Crippen LogP contribution < -0.4 is 5.32 Å². The van der Waals surface area contributed by atoms with Crippen LogP contribution in [0.25, 0.3) is 0 Å². The van der Waals surface area contributed by atoms with Crippen LogP contribution in [0, 0.1) is 27.0 Å². The maximum atomic E-state index is 13.6. The minimum absolute atomic E-state index is 0.0615. The van der Waals surface area contributed by atoms with Gasteiger partial charge in [-0.1, -0.05) is 5.92 Å². The summed E-state index contributed by atoms with van der Waals surface area (Å²) in [6, 6.07) is 5.72. The number of halogens is 4. The van der Waals surface area contributed by atoms with Gasteiger partial charge in [-0.05, 0) is 78.6 Å². The van der Waals surface area contributed by atoms with Crippen LogP contribution >= 0.6 is 34.2 Å². The molecule has 2 rings (SSSR count). The number of hydrogen-bond acceptors (Lipinski definition) is 4. The minimum Gasteiger partial charge on any atom is -0.346 e. The molecule has 0 spiro atoms. The van der Waals surface area contributed by atoms with E-state index in [1.165, 1.54) is 26.0 Å². The molecule has 1 amide bonds.